The van der Waals surface area contributed by atoms with E-state index in [1.807, 2.05) is 0 Å². The van der Waals surface area contributed by atoms with Crippen molar-refractivity contribution in [3.05, 3.63) is 221 Å². The highest BCUT2D eigenvalue weighted by atomic mass is 14.6. The zero-order valence-corrected chi connectivity index (χ0v) is 27.4. The molecule has 0 saturated heterocycles. The van der Waals surface area contributed by atoms with Crippen molar-refractivity contribution < 1.29 is 0 Å². The van der Waals surface area contributed by atoms with Gasteiger partial charge in [-0.05, 0) is 84.1 Å². The van der Waals surface area contributed by atoms with Gasteiger partial charge in [-0.2, -0.15) is 0 Å². The first-order valence-electron chi connectivity index (χ1n) is 17.6. The first kappa shape index (κ1) is 28.3. The minimum atomic E-state index is -0.540. The van der Waals surface area contributed by atoms with Crippen LogP contribution in [0.2, 0.25) is 0 Å². The molecule has 2 aliphatic rings. The molecule has 0 nitrogen and oxygen atoms in total. The largest absolute Gasteiger partial charge is 0.0754 e. The summed E-state index contributed by atoms with van der Waals surface area (Å²) in [5, 5.41) is 7.84. The lowest BCUT2D eigenvalue weighted by Crippen LogP contribution is -2.57. The van der Waals surface area contributed by atoms with Crippen LogP contribution in [0.5, 0.6) is 0 Å². The van der Waals surface area contributed by atoms with Crippen molar-refractivity contribution in [2.24, 2.45) is 0 Å². The average Bonchev–Trinajstić information content (AvgIpc) is 3.62. The molecule has 8 aromatic rings. The highest BCUT2D eigenvalue weighted by Crippen LogP contribution is 2.67. The molecule has 49 heavy (non-hydrogen) atoms. The van der Waals surface area contributed by atoms with E-state index in [1.165, 1.54) is 71.3 Å². The normalized spacial score (nSPS) is 21.2. The predicted molar refractivity (Wildman–Crippen MR) is 206 cm³/mol. The number of fused-ring (bicyclic) bond motifs is 6. The van der Waals surface area contributed by atoms with Crippen LogP contribution in [0.4, 0.5) is 0 Å². The van der Waals surface area contributed by atoms with E-state index in [-0.39, 0.29) is 11.3 Å². The summed E-state index contributed by atoms with van der Waals surface area (Å²) >= 11 is 0. The fraction of sp³-hybridized carbons (Fsp3) is 0.102. The summed E-state index contributed by atoms with van der Waals surface area (Å²) in [7, 11) is 0. The number of allylic oxidation sites excluding steroid dienone is 1. The monoisotopic (exact) mass is 624 g/mol. The van der Waals surface area contributed by atoms with Gasteiger partial charge in [-0.15, -0.1) is 0 Å². The first-order chi connectivity index (χ1) is 24.3. The Hall–Kier alpha value is -5.72. The molecular weight excluding hydrogens is 589 g/mol. The van der Waals surface area contributed by atoms with Crippen molar-refractivity contribution in [3.63, 3.8) is 0 Å². The van der Waals surface area contributed by atoms with Crippen LogP contribution in [-0.2, 0) is 17.3 Å². The third-order valence-electron chi connectivity index (χ3n) is 11.9. The maximum atomic E-state index is 2.54. The Kier molecular flexibility index (Phi) is 6.30. The molecule has 3 atom stereocenters. The summed E-state index contributed by atoms with van der Waals surface area (Å²) in [6, 6.07) is 66.8. The van der Waals surface area contributed by atoms with E-state index in [0.29, 0.717) is 0 Å². The minimum Gasteiger partial charge on any atom is -0.0754 e. The summed E-state index contributed by atoms with van der Waals surface area (Å²) in [5.74, 6) is 0.138. The summed E-state index contributed by atoms with van der Waals surface area (Å²) in [5.41, 5.74) is 8.82. The molecule has 10 rings (SSSR count). The summed E-state index contributed by atoms with van der Waals surface area (Å²) in [6.07, 6.45) is 6.94. The van der Waals surface area contributed by atoms with Gasteiger partial charge in [0.05, 0.1) is 5.41 Å². The SMILES string of the molecule is C1=CC(C2(c3cccc4ccccc34)CCc3ccccc3C2(c2ccccc2)c2cccc3c2ccc2ccccc23)c2ccccc21. The quantitative estimate of drug-likeness (QED) is 0.171. The van der Waals surface area contributed by atoms with Gasteiger partial charge in [0, 0.05) is 11.3 Å². The third-order valence-corrected chi connectivity index (χ3v) is 11.9. The molecule has 0 radical (unpaired) electrons. The van der Waals surface area contributed by atoms with Crippen LogP contribution in [0, 0.1) is 0 Å². The second kappa shape index (κ2) is 10.9. The van der Waals surface area contributed by atoms with Gasteiger partial charge < -0.3 is 0 Å². The zero-order chi connectivity index (χ0) is 32.4. The van der Waals surface area contributed by atoms with Crippen molar-refractivity contribution in [1.82, 2.24) is 0 Å². The molecule has 0 saturated carbocycles. The maximum absolute atomic E-state index is 2.54. The Bertz CT molecular complexity index is 2570. The maximum Gasteiger partial charge on any atom is 0.0565 e. The molecule has 232 valence electrons. The molecule has 0 aromatic heterocycles. The predicted octanol–water partition coefficient (Wildman–Crippen LogP) is 12.2. The Morgan fingerprint density at radius 1 is 0.429 bits per heavy atom. The summed E-state index contributed by atoms with van der Waals surface area (Å²) in [4.78, 5) is 0. The van der Waals surface area contributed by atoms with Crippen LogP contribution in [-0.4, -0.2) is 0 Å². The van der Waals surface area contributed by atoms with Crippen molar-refractivity contribution in [2.75, 3.05) is 0 Å². The summed E-state index contributed by atoms with van der Waals surface area (Å²) < 4.78 is 0. The summed E-state index contributed by atoms with van der Waals surface area (Å²) in [6.45, 7) is 0. The lowest BCUT2D eigenvalue weighted by molar-refractivity contribution is 0.234. The molecule has 0 amide bonds. The Labute approximate surface area is 288 Å². The van der Waals surface area contributed by atoms with Crippen molar-refractivity contribution >= 4 is 38.4 Å². The number of hydrogen-bond acceptors (Lipinski definition) is 0. The molecule has 0 heteroatoms. The highest BCUT2D eigenvalue weighted by molar-refractivity contribution is 6.09. The Balaban J connectivity index is 1.47. The van der Waals surface area contributed by atoms with Gasteiger partial charge in [-0.3, -0.25) is 0 Å². The van der Waals surface area contributed by atoms with Crippen LogP contribution < -0.4 is 0 Å². The Morgan fingerprint density at radius 2 is 1.06 bits per heavy atom. The van der Waals surface area contributed by atoms with Gasteiger partial charge in [0.25, 0.3) is 0 Å². The van der Waals surface area contributed by atoms with E-state index < -0.39 is 5.41 Å². The van der Waals surface area contributed by atoms with E-state index in [2.05, 4.69) is 188 Å². The second-order valence-corrected chi connectivity index (χ2v) is 13.9. The number of benzene rings is 8. The van der Waals surface area contributed by atoms with Gasteiger partial charge in [-0.25, -0.2) is 0 Å². The minimum absolute atomic E-state index is 0.138. The third kappa shape index (κ3) is 3.86. The molecule has 0 fully saturated rings. The number of hydrogen-bond donors (Lipinski definition) is 0. The standard InChI is InChI=1S/C49H36/c1-2-19-38(20-3-1)49(47-27-13-24-42-39-21-8-4-15-35(39)28-30-43(42)47)44-25-11-7-17-37(44)32-33-48(49,46-31-29-36-16-6-10-23-41(36)46)45-26-12-18-34-14-5-9-22-40(34)45/h1-31,46H,32-33H2. The molecule has 0 bridgehead atoms. The first-order valence-corrected chi connectivity index (χ1v) is 17.6. The molecule has 0 aliphatic heterocycles. The molecule has 0 spiro atoms. The van der Waals surface area contributed by atoms with Gasteiger partial charge in [0.1, 0.15) is 0 Å². The molecule has 0 N–H and O–H groups in total. The second-order valence-electron chi connectivity index (χ2n) is 13.9. The fourth-order valence-corrected chi connectivity index (χ4v) is 10.1. The van der Waals surface area contributed by atoms with E-state index in [4.69, 9.17) is 0 Å². The smallest absolute Gasteiger partial charge is 0.0565 e. The van der Waals surface area contributed by atoms with Crippen LogP contribution in [0.25, 0.3) is 38.4 Å². The lowest BCUT2D eigenvalue weighted by Gasteiger charge is -2.59. The van der Waals surface area contributed by atoms with Gasteiger partial charge in [-0.1, -0.05) is 188 Å². The molecular formula is C49H36. The lowest BCUT2D eigenvalue weighted by atomic mass is 9.42. The van der Waals surface area contributed by atoms with Crippen LogP contribution in [0.3, 0.4) is 0 Å². The molecule has 0 heterocycles. The van der Waals surface area contributed by atoms with Crippen molar-refractivity contribution in [1.29, 1.82) is 0 Å². The van der Waals surface area contributed by atoms with E-state index >= 15 is 0 Å². The number of rotatable bonds is 4. The Morgan fingerprint density at radius 3 is 1.96 bits per heavy atom. The molecule has 8 aromatic carbocycles. The fourth-order valence-electron chi connectivity index (χ4n) is 10.1. The van der Waals surface area contributed by atoms with Gasteiger partial charge in [0.2, 0.25) is 0 Å². The van der Waals surface area contributed by atoms with Gasteiger partial charge >= 0.3 is 0 Å². The van der Waals surface area contributed by atoms with E-state index in [1.54, 1.807) is 0 Å². The molecule has 3 unspecified atom stereocenters. The van der Waals surface area contributed by atoms with Crippen LogP contribution >= 0.6 is 0 Å². The van der Waals surface area contributed by atoms with Crippen molar-refractivity contribution in [3.8, 4) is 0 Å². The average molecular weight is 625 g/mol. The molecule has 2 aliphatic carbocycles. The number of aryl methyl sites for hydroxylation is 1. The van der Waals surface area contributed by atoms with Gasteiger partial charge in [0.15, 0.2) is 0 Å². The van der Waals surface area contributed by atoms with E-state index in [0.717, 1.165) is 12.8 Å². The zero-order valence-electron chi connectivity index (χ0n) is 27.4. The topological polar surface area (TPSA) is 0 Å². The van der Waals surface area contributed by atoms with Crippen molar-refractivity contribution in [2.45, 2.75) is 29.6 Å². The van der Waals surface area contributed by atoms with E-state index in [9.17, 15) is 0 Å². The van der Waals surface area contributed by atoms with Crippen LogP contribution in [0.15, 0.2) is 182 Å². The highest BCUT2D eigenvalue weighted by Gasteiger charge is 2.62. The van der Waals surface area contributed by atoms with Crippen LogP contribution in [0.1, 0.15) is 51.3 Å².